The van der Waals surface area contributed by atoms with Gasteiger partial charge >= 0.3 is 0 Å². The Morgan fingerprint density at radius 1 is 0.667 bits per heavy atom. The van der Waals surface area contributed by atoms with Gasteiger partial charge in [-0.15, -0.1) is 0 Å². The van der Waals surface area contributed by atoms with E-state index in [-0.39, 0.29) is 29.1 Å². The molecule has 0 aliphatic rings. The van der Waals surface area contributed by atoms with Crippen LogP contribution in [-0.4, -0.2) is 31.4 Å². The Morgan fingerprint density at radius 2 is 1.14 bits per heavy atom. The van der Waals surface area contributed by atoms with E-state index in [4.69, 9.17) is 0 Å². The van der Waals surface area contributed by atoms with Crippen molar-refractivity contribution in [3.8, 4) is 5.69 Å². The number of nitrogens with one attached hydrogen (secondary N) is 2. The largest absolute Gasteiger partial charge is 0.290 e. The SMILES string of the molecule is CCn1nc(C(=O)NNC(=O)c2nn(-c3ccccc3)c(=O)c3ccccc23)c2ccccc2c1=O. The van der Waals surface area contributed by atoms with Crippen LogP contribution in [0.25, 0.3) is 27.2 Å². The van der Waals surface area contributed by atoms with Gasteiger partial charge in [-0.3, -0.25) is 30.0 Å². The third-order valence-electron chi connectivity index (χ3n) is 5.69. The fourth-order valence-electron chi connectivity index (χ4n) is 3.95. The summed E-state index contributed by atoms with van der Waals surface area (Å²) >= 11 is 0. The van der Waals surface area contributed by atoms with Crippen molar-refractivity contribution in [3.63, 3.8) is 0 Å². The molecule has 0 aliphatic carbocycles. The lowest BCUT2D eigenvalue weighted by molar-refractivity contribution is 0.0841. The van der Waals surface area contributed by atoms with Crippen molar-refractivity contribution in [3.05, 3.63) is 111 Å². The number of nitrogens with zero attached hydrogens (tertiary/aromatic N) is 4. The van der Waals surface area contributed by atoms with Crippen LogP contribution in [0.5, 0.6) is 0 Å². The molecule has 0 aliphatic heterocycles. The van der Waals surface area contributed by atoms with Gasteiger partial charge in [0.05, 0.1) is 16.5 Å². The standard InChI is InChI=1S/C26H20N6O4/c1-2-31-25(35)19-14-8-6-12-17(19)21(29-31)23(33)27-28-24(34)22-18-13-7-9-15-20(18)26(36)32(30-22)16-10-4-3-5-11-16/h3-15H,2H2,1H3,(H,27,33)(H,28,34). The van der Waals surface area contributed by atoms with Gasteiger partial charge in [0.2, 0.25) is 0 Å². The number of rotatable bonds is 4. The van der Waals surface area contributed by atoms with Gasteiger partial charge in [0.15, 0.2) is 11.4 Å². The van der Waals surface area contributed by atoms with Crippen molar-refractivity contribution in [2.75, 3.05) is 0 Å². The van der Waals surface area contributed by atoms with Gasteiger partial charge in [0.1, 0.15) is 0 Å². The highest BCUT2D eigenvalue weighted by molar-refractivity contribution is 6.08. The number of amides is 2. The average molecular weight is 480 g/mol. The highest BCUT2D eigenvalue weighted by atomic mass is 16.2. The molecule has 178 valence electrons. The topological polar surface area (TPSA) is 128 Å². The van der Waals surface area contributed by atoms with E-state index in [9.17, 15) is 19.2 Å². The molecule has 0 spiro atoms. The fourth-order valence-corrected chi connectivity index (χ4v) is 3.95. The predicted octanol–water partition coefficient (Wildman–Crippen LogP) is 2.19. The van der Waals surface area contributed by atoms with Crippen LogP contribution in [0.1, 0.15) is 27.9 Å². The zero-order valence-electron chi connectivity index (χ0n) is 19.1. The van der Waals surface area contributed by atoms with E-state index in [0.29, 0.717) is 27.2 Å². The van der Waals surface area contributed by atoms with Crippen LogP contribution in [0, 0.1) is 0 Å². The second kappa shape index (κ2) is 9.26. The van der Waals surface area contributed by atoms with Gasteiger partial charge < -0.3 is 0 Å². The lowest BCUT2D eigenvalue weighted by Crippen LogP contribution is -2.43. The van der Waals surface area contributed by atoms with Gasteiger partial charge in [-0.2, -0.15) is 14.9 Å². The molecule has 2 N–H and O–H groups in total. The van der Waals surface area contributed by atoms with Crippen molar-refractivity contribution >= 4 is 33.4 Å². The van der Waals surface area contributed by atoms with E-state index < -0.39 is 11.8 Å². The highest BCUT2D eigenvalue weighted by Gasteiger charge is 2.20. The average Bonchev–Trinajstić information content (AvgIpc) is 2.93. The van der Waals surface area contributed by atoms with Crippen LogP contribution >= 0.6 is 0 Å². The Labute approximate surface area is 203 Å². The quantitative estimate of drug-likeness (QED) is 0.380. The third-order valence-corrected chi connectivity index (χ3v) is 5.69. The van der Waals surface area contributed by atoms with Crippen molar-refractivity contribution in [1.82, 2.24) is 30.4 Å². The van der Waals surface area contributed by atoms with Crippen LogP contribution < -0.4 is 22.0 Å². The number of hydrazine groups is 1. The molecule has 3 aromatic carbocycles. The molecule has 0 atom stereocenters. The van der Waals surface area contributed by atoms with Gasteiger partial charge in [-0.1, -0.05) is 54.6 Å². The van der Waals surface area contributed by atoms with Crippen molar-refractivity contribution in [1.29, 1.82) is 0 Å². The first-order valence-electron chi connectivity index (χ1n) is 11.2. The summed E-state index contributed by atoms with van der Waals surface area (Å²) in [5, 5.41) is 9.80. The summed E-state index contributed by atoms with van der Waals surface area (Å²) in [4.78, 5) is 51.7. The van der Waals surface area contributed by atoms with E-state index in [1.54, 1.807) is 85.8 Å². The number of aromatic nitrogens is 4. The number of hydrogen-bond acceptors (Lipinski definition) is 6. The molecule has 10 nitrogen and oxygen atoms in total. The molecule has 2 amide bonds. The molecule has 2 aromatic heterocycles. The summed E-state index contributed by atoms with van der Waals surface area (Å²) in [7, 11) is 0. The first-order valence-corrected chi connectivity index (χ1v) is 11.2. The van der Waals surface area contributed by atoms with Crippen molar-refractivity contribution in [2.45, 2.75) is 13.5 Å². The lowest BCUT2D eigenvalue weighted by atomic mass is 10.1. The molecule has 0 fully saturated rings. The normalized spacial score (nSPS) is 10.9. The van der Waals surface area contributed by atoms with Crippen LogP contribution in [0.2, 0.25) is 0 Å². The third kappa shape index (κ3) is 3.90. The molecule has 0 unspecified atom stereocenters. The zero-order chi connectivity index (χ0) is 25.2. The summed E-state index contributed by atoms with van der Waals surface area (Å²) in [6.07, 6.45) is 0. The minimum absolute atomic E-state index is 0.0144. The van der Waals surface area contributed by atoms with E-state index in [2.05, 4.69) is 21.0 Å². The predicted molar refractivity (Wildman–Crippen MR) is 134 cm³/mol. The number of fused-ring (bicyclic) bond motifs is 2. The maximum Gasteiger partial charge on any atom is 0.290 e. The second-order valence-corrected chi connectivity index (χ2v) is 7.87. The maximum absolute atomic E-state index is 13.2. The molecule has 36 heavy (non-hydrogen) atoms. The maximum atomic E-state index is 13.2. The first kappa shape index (κ1) is 22.7. The monoisotopic (exact) mass is 480 g/mol. The lowest BCUT2D eigenvalue weighted by Gasteiger charge is -2.13. The molecular formula is C26H20N6O4. The minimum Gasteiger partial charge on any atom is -0.267 e. The molecule has 0 bridgehead atoms. The van der Waals surface area contributed by atoms with Crippen LogP contribution in [0.15, 0.2) is 88.5 Å². The Kier molecular flexibility index (Phi) is 5.83. The number of carbonyl (C=O) groups is 2. The number of aryl methyl sites for hydroxylation is 1. The first-order chi connectivity index (χ1) is 17.5. The molecule has 0 saturated heterocycles. The van der Waals surface area contributed by atoms with E-state index in [1.165, 1.54) is 4.68 Å². The fraction of sp³-hybridized carbons (Fsp3) is 0.0769. The second-order valence-electron chi connectivity index (χ2n) is 7.87. The molecule has 10 heteroatoms. The van der Waals surface area contributed by atoms with E-state index in [0.717, 1.165) is 4.68 Å². The van der Waals surface area contributed by atoms with Crippen molar-refractivity contribution < 1.29 is 9.59 Å². The Balaban J connectivity index is 1.51. The number of para-hydroxylation sites is 1. The van der Waals surface area contributed by atoms with E-state index in [1.807, 2.05) is 0 Å². The summed E-state index contributed by atoms with van der Waals surface area (Å²) < 4.78 is 2.33. The van der Waals surface area contributed by atoms with Gasteiger partial charge in [0, 0.05) is 17.3 Å². The molecule has 5 rings (SSSR count). The van der Waals surface area contributed by atoms with Crippen LogP contribution in [0.3, 0.4) is 0 Å². The van der Waals surface area contributed by atoms with Gasteiger partial charge in [-0.05, 0) is 31.2 Å². The summed E-state index contributed by atoms with van der Waals surface area (Å²) in [5.41, 5.74) is 4.45. The van der Waals surface area contributed by atoms with Crippen LogP contribution in [0.4, 0.5) is 0 Å². The van der Waals surface area contributed by atoms with Gasteiger partial charge in [0.25, 0.3) is 22.9 Å². The zero-order valence-corrected chi connectivity index (χ0v) is 19.1. The summed E-state index contributed by atoms with van der Waals surface area (Å²) in [5.74, 6) is -1.43. The Bertz CT molecular complexity index is 1760. The molecule has 0 radical (unpaired) electrons. The summed E-state index contributed by atoms with van der Waals surface area (Å²) in [6, 6.07) is 21.9. The number of carbonyl (C=O) groups excluding carboxylic acids is 2. The summed E-state index contributed by atoms with van der Waals surface area (Å²) in [6.45, 7) is 2.01. The van der Waals surface area contributed by atoms with Gasteiger partial charge in [-0.25, -0.2) is 4.68 Å². The van der Waals surface area contributed by atoms with Crippen molar-refractivity contribution in [2.24, 2.45) is 0 Å². The Morgan fingerprint density at radius 3 is 1.69 bits per heavy atom. The molecule has 5 aromatic rings. The molecule has 0 saturated carbocycles. The molecular weight excluding hydrogens is 460 g/mol. The number of benzene rings is 3. The Hall–Kier alpha value is -5.12. The highest BCUT2D eigenvalue weighted by Crippen LogP contribution is 2.16. The van der Waals surface area contributed by atoms with Crippen LogP contribution in [-0.2, 0) is 6.54 Å². The number of hydrogen-bond donors (Lipinski definition) is 2. The molecule has 2 heterocycles. The minimum atomic E-state index is -0.725. The van der Waals surface area contributed by atoms with E-state index >= 15 is 0 Å². The smallest absolute Gasteiger partial charge is 0.267 e.